The van der Waals surface area contributed by atoms with Crippen LogP contribution in [0.15, 0.2) is 18.2 Å². The first-order valence-electron chi connectivity index (χ1n) is 8.47. The fourth-order valence-corrected chi connectivity index (χ4v) is 3.17. The van der Waals surface area contributed by atoms with Crippen LogP contribution in [0.25, 0.3) is 0 Å². The molecule has 2 saturated heterocycles. The zero-order chi connectivity index (χ0) is 16.9. The van der Waals surface area contributed by atoms with Gasteiger partial charge in [0.25, 0.3) is 11.8 Å². The number of carbonyl (C=O) groups excluding carboxylic acids is 2. The molecule has 2 heterocycles. The molecular weight excluding hydrogens is 308 g/mol. The Morgan fingerprint density at radius 3 is 2.71 bits per heavy atom. The summed E-state index contributed by atoms with van der Waals surface area (Å²) in [7, 11) is 0. The molecule has 1 aromatic carbocycles. The van der Waals surface area contributed by atoms with Crippen LogP contribution >= 0.6 is 0 Å². The molecule has 2 amide bonds. The highest BCUT2D eigenvalue weighted by atomic mass is 16.5. The summed E-state index contributed by atoms with van der Waals surface area (Å²) in [5.41, 5.74) is 7.45. The predicted octanol–water partition coefficient (Wildman–Crippen LogP) is 0.703. The van der Waals surface area contributed by atoms with Crippen LogP contribution in [-0.2, 0) is 9.53 Å². The summed E-state index contributed by atoms with van der Waals surface area (Å²) in [6.45, 7) is 3.58. The lowest BCUT2D eigenvalue weighted by molar-refractivity contribution is -0.128. The number of amides is 2. The van der Waals surface area contributed by atoms with Gasteiger partial charge in [-0.2, -0.15) is 0 Å². The van der Waals surface area contributed by atoms with E-state index in [4.69, 9.17) is 10.5 Å². The molecule has 7 heteroatoms. The van der Waals surface area contributed by atoms with E-state index < -0.39 is 12.0 Å². The van der Waals surface area contributed by atoms with Crippen molar-refractivity contribution in [2.45, 2.75) is 25.4 Å². The van der Waals surface area contributed by atoms with E-state index in [-0.39, 0.29) is 5.91 Å². The number of anilines is 2. The van der Waals surface area contributed by atoms with Gasteiger partial charge >= 0.3 is 0 Å². The molecular formula is C17H24N4O3. The lowest BCUT2D eigenvalue weighted by atomic mass is 10.1. The molecule has 0 saturated carbocycles. The van der Waals surface area contributed by atoms with Crippen molar-refractivity contribution in [3.05, 3.63) is 23.8 Å². The van der Waals surface area contributed by atoms with E-state index in [0.29, 0.717) is 24.4 Å². The van der Waals surface area contributed by atoms with Gasteiger partial charge in [-0.15, -0.1) is 0 Å². The maximum absolute atomic E-state index is 12.3. The van der Waals surface area contributed by atoms with Gasteiger partial charge in [-0.05, 0) is 37.5 Å². The number of hydrogen-bond donors (Lipinski definition) is 3. The third kappa shape index (κ3) is 3.85. The third-order valence-electron chi connectivity index (χ3n) is 4.45. The predicted molar refractivity (Wildman–Crippen MR) is 92.3 cm³/mol. The van der Waals surface area contributed by atoms with Gasteiger partial charge in [0, 0.05) is 31.9 Å². The van der Waals surface area contributed by atoms with Gasteiger partial charge in [0.15, 0.2) is 0 Å². The van der Waals surface area contributed by atoms with Crippen LogP contribution in [0, 0.1) is 0 Å². The van der Waals surface area contributed by atoms with E-state index in [2.05, 4.69) is 15.5 Å². The smallest absolute Gasteiger partial charge is 0.254 e. The number of hydrogen-bond acceptors (Lipinski definition) is 5. The molecule has 1 atom stereocenters. The van der Waals surface area contributed by atoms with Crippen molar-refractivity contribution in [3.8, 4) is 0 Å². The van der Waals surface area contributed by atoms with Gasteiger partial charge in [0.2, 0.25) is 0 Å². The van der Waals surface area contributed by atoms with Crippen LogP contribution < -0.4 is 21.3 Å². The maximum atomic E-state index is 12.3. The van der Waals surface area contributed by atoms with Gasteiger partial charge in [0.1, 0.15) is 6.10 Å². The fourth-order valence-electron chi connectivity index (χ4n) is 3.17. The van der Waals surface area contributed by atoms with Crippen molar-refractivity contribution in [1.29, 1.82) is 0 Å². The van der Waals surface area contributed by atoms with Crippen LogP contribution in [0.3, 0.4) is 0 Å². The molecule has 0 aromatic heterocycles. The number of benzene rings is 1. The first-order chi connectivity index (χ1) is 11.6. The van der Waals surface area contributed by atoms with Crippen LogP contribution in [0.5, 0.6) is 0 Å². The number of rotatable bonds is 4. The topological polar surface area (TPSA) is 96.7 Å². The van der Waals surface area contributed by atoms with Crippen molar-refractivity contribution >= 4 is 23.2 Å². The lowest BCUT2D eigenvalue weighted by Crippen LogP contribution is -2.45. The first kappa shape index (κ1) is 16.7. The molecule has 1 aromatic rings. The molecule has 3 rings (SSSR count). The number of nitrogens with zero attached hydrogens (tertiary/aromatic N) is 1. The van der Waals surface area contributed by atoms with Gasteiger partial charge in [-0.25, -0.2) is 0 Å². The highest BCUT2D eigenvalue weighted by molar-refractivity contribution is 6.01. The first-order valence-corrected chi connectivity index (χ1v) is 8.47. The summed E-state index contributed by atoms with van der Waals surface area (Å²) in [6.07, 6.45) is 2.89. The average molecular weight is 332 g/mol. The maximum Gasteiger partial charge on any atom is 0.254 e. The Kier molecular flexibility index (Phi) is 5.32. The van der Waals surface area contributed by atoms with Crippen molar-refractivity contribution in [2.75, 3.05) is 43.0 Å². The molecule has 4 N–H and O–H groups in total. The Balaban J connectivity index is 1.78. The monoisotopic (exact) mass is 332 g/mol. The minimum Gasteiger partial charge on any atom is -0.371 e. The molecule has 2 fully saturated rings. The molecule has 1 unspecified atom stereocenters. The number of carbonyl (C=O) groups is 2. The second kappa shape index (κ2) is 7.63. The zero-order valence-electron chi connectivity index (χ0n) is 13.7. The Bertz CT molecular complexity index is 608. The van der Waals surface area contributed by atoms with Gasteiger partial charge in [0.05, 0.1) is 17.9 Å². The average Bonchev–Trinajstić information content (AvgIpc) is 2.63. The van der Waals surface area contributed by atoms with Crippen LogP contribution in [0.2, 0.25) is 0 Å². The molecule has 0 aliphatic carbocycles. The van der Waals surface area contributed by atoms with Gasteiger partial charge in [-0.3, -0.25) is 9.59 Å². The fraction of sp³-hybridized carbons (Fsp3) is 0.529. The van der Waals surface area contributed by atoms with Crippen LogP contribution in [0.4, 0.5) is 11.4 Å². The minimum absolute atomic E-state index is 0.182. The quantitative estimate of drug-likeness (QED) is 0.754. The van der Waals surface area contributed by atoms with Crippen molar-refractivity contribution < 1.29 is 14.3 Å². The number of piperidine rings is 1. The lowest BCUT2D eigenvalue weighted by Gasteiger charge is -2.30. The van der Waals surface area contributed by atoms with Crippen molar-refractivity contribution in [2.24, 2.45) is 5.73 Å². The summed E-state index contributed by atoms with van der Waals surface area (Å²) < 4.78 is 5.46. The molecule has 24 heavy (non-hydrogen) atoms. The van der Waals surface area contributed by atoms with Crippen LogP contribution in [-0.4, -0.2) is 50.7 Å². The summed E-state index contributed by atoms with van der Waals surface area (Å²) in [5, 5.41) is 6.01. The minimum atomic E-state index is -0.493. The van der Waals surface area contributed by atoms with Gasteiger partial charge in [-0.1, -0.05) is 0 Å². The van der Waals surface area contributed by atoms with E-state index in [1.807, 2.05) is 6.07 Å². The zero-order valence-corrected chi connectivity index (χ0v) is 13.7. The Morgan fingerprint density at radius 1 is 1.25 bits per heavy atom. The van der Waals surface area contributed by atoms with E-state index in [0.717, 1.165) is 38.2 Å². The Hall–Kier alpha value is -2.12. The van der Waals surface area contributed by atoms with Gasteiger partial charge < -0.3 is 26.0 Å². The van der Waals surface area contributed by atoms with Crippen molar-refractivity contribution in [3.63, 3.8) is 0 Å². The molecule has 0 bridgehead atoms. The number of morpholine rings is 1. The second-order valence-corrected chi connectivity index (χ2v) is 6.20. The van der Waals surface area contributed by atoms with E-state index in [9.17, 15) is 9.59 Å². The summed E-state index contributed by atoms with van der Waals surface area (Å²) in [4.78, 5) is 26.2. The summed E-state index contributed by atoms with van der Waals surface area (Å²) >= 11 is 0. The summed E-state index contributed by atoms with van der Waals surface area (Å²) in [5.74, 6) is -0.633. The molecule has 2 aliphatic heterocycles. The summed E-state index contributed by atoms with van der Waals surface area (Å²) in [6, 6.07) is 5.23. The molecule has 0 radical (unpaired) electrons. The molecule has 7 nitrogen and oxygen atoms in total. The third-order valence-corrected chi connectivity index (χ3v) is 4.45. The standard InChI is InChI=1S/C17H24N4O3/c18-16(22)13-5-4-12(10-14(13)21-7-2-1-3-8-21)20-17(23)15-11-19-6-9-24-15/h4-5,10,15,19H,1-3,6-9,11H2,(H2,18,22)(H,20,23). The molecule has 0 spiro atoms. The van der Waals surface area contributed by atoms with E-state index in [1.165, 1.54) is 6.42 Å². The molecule has 2 aliphatic rings. The largest absolute Gasteiger partial charge is 0.371 e. The normalized spacial score (nSPS) is 21.3. The van der Waals surface area contributed by atoms with Crippen molar-refractivity contribution in [1.82, 2.24) is 5.32 Å². The second-order valence-electron chi connectivity index (χ2n) is 6.20. The highest BCUT2D eigenvalue weighted by Crippen LogP contribution is 2.27. The SMILES string of the molecule is NC(=O)c1ccc(NC(=O)C2CNCCO2)cc1N1CCCCC1. The number of nitrogens with one attached hydrogen (secondary N) is 2. The highest BCUT2D eigenvalue weighted by Gasteiger charge is 2.23. The number of nitrogens with two attached hydrogens (primary N) is 1. The van der Waals surface area contributed by atoms with Crippen LogP contribution in [0.1, 0.15) is 29.6 Å². The number of ether oxygens (including phenoxy) is 1. The molecule has 130 valence electrons. The van der Waals surface area contributed by atoms with E-state index in [1.54, 1.807) is 12.1 Å². The number of primary amides is 1. The Morgan fingerprint density at radius 2 is 2.04 bits per heavy atom. The Labute approximate surface area is 141 Å². The van der Waals surface area contributed by atoms with E-state index >= 15 is 0 Å².